The molecule has 0 aliphatic carbocycles. The summed E-state index contributed by atoms with van der Waals surface area (Å²) in [5, 5.41) is 15.9. The Morgan fingerprint density at radius 3 is 2.64 bits per heavy atom. The number of anilines is 1. The van der Waals surface area contributed by atoms with Crippen LogP contribution in [0.2, 0.25) is 0 Å². The number of aliphatic carboxylic acids is 1. The number of carboxylic acids is 1. The number of nitrogens with zero attached hydrogens (tertiary/aromatic N) is 1. The lowest BCUT2D eigenvalue weighted by Crippen LogP contribution is -2.40. The summed E-state index contributed by atoms with van der Waals surface area (Å²) in [6.07, 6.45) is 3.13. The fourth-order valence-electron chi connectivity index (χ4n) is 1.73. The van der Waals surface area contributed by atoms with E-state index in [1.54, 1.807) is 0 Å². The highest BCUT2D eigenvalue weighted by atomic mass is 32.1. The number of hydrogen-bond acceptors (Lipinski definition) is 5. The summed E-state index contributed by atoms with van der Waals surface area (Å²) < 4.78 is 0. The molecule has 0 saturated heterocycles. The van der Waals surface area contributed by atoms with Gasteiger partial charge in [-0.1, -0.05) is 26.7 Å². The summed E-state index contributed by atoms with van der Waals surface area (Å²) in [5.74, 6) is -1.76. The molecule has 0 fully saturated rings. The van der Waals surface area contributed by atoms with Crippen LogP contribution in [-0.4, -0.2) is 33.9 Å². The number of aromatic nitrogens is 1. The fraction of sp³-hybridized carbons (Fsp3) is 0.571. The van der Waals surface area contributed by atoms with E-state index in [0.717, 1.165) is 24.2 Å². The minimum absolute atomic E-state index is 0.109. The number of carbonyl (C=O) groups is 3. The van der Waals surface area contributed by atoms with Gasteiger partial charge in [-0.25, -0.2) is 9.78 Å². The van der Waals surface area contributed by atoms with Gasteiger partial charge in [0.15, 0.2) is 5.13 Å². The lowest BCUT2D eigenvalue weighted by molar-refractivity contribution is -0.139. The maximum Gasteiger partial charge on any atom is 0.326 e. The molecular weight excluding hydrogens is 306 g/mol. The lowest BCUT2D eigenvalue weighted by Gasteiger charge is -2.12. The molecular formula is C14H21N3O4S. The Balaban J connectivity index is 2.60. The molecule has 1 atom stereocenters. The van der Waals surface area contributed by atoms with Crippen LogP contribution in [0.4, 0.5) is 5.13 Å². The maximum absolute atomic E-state index is 12.0. The number of hydrogen-bond donors (Lipinski definition) is 3. The third kappa shape index (κ3) is 5.80. The van der Waals surface area contributed by atoms with E-state index >= 15 is 0 Å². The quantitative estimate of drug-likeness (QED) is 0.644. The first kappa shape index (κ1) is 18.1. The molecule has 0 aliphatic heterocycles. The summed E-state index contributed by atoms with van der Waals surface area (Å²) in [7, 11) is 0. The van der Waals surface area contributed by atoms with Crippen molar-refractivity contribution in [2.75, 3.05) is 5.32 Å². The normalized spacial score (nSPS) is 11.7. The summed E-state index contributed by atoms with van der Waals surface area (Å²) in [4.78, 5) is 38.6. The highest BCUT2D eigenvalue weighted by molar-refractivity contribution is 7.14. The van der Waals surface area contributed by atoms with Crippen molar-refractivity contribution in [1.82, 2.24) is 10.3 Å². The summed E-state index contributed by atoms with van der Waals surface area (Å²) in [6.45, 7) is 3.84. The molecule has 1 heterocycles. The molecule has 122 valence electrons. The van der Waals surface area contributed by atoms with Gasteiger partial charge >= 0.3 is 5.97 Å². The number of carbonyl (C=O) groups excluding carboxylic acids is 2. The van der Waals surface area contributed by atoms with Crippen molar-refractivity contribution < 1.29 is 19.5 Å². The highest BCUT2D eigenvalue weighted by Gasteiger charge is 2.21. The van der Waals surface area contributed by atoms with Crippen molar-refractivity contribution in [3.63, 3.8) is 0 Å². The van der Waals surface area contributed by atoms with Crippen LogP contribution < -0.4 is 10.6 Å². The highest BCUT2D eigenvalue weighted by Crippen LogP contribution is 2.16. The van der Waals surface area contributed by atoms with E-state index in [9.17, 15) is 14.4 Å². The topological polar surface area (TPSA) is 108 Å². The van der Waals surface area contributed by atoms with Crippen LogP contribution in [-0.2, 0) is 9.59 Å². The summed E-state index contributed by atoms with van der Waals surface area (Å²) in [5.41, 5.74) is 0.109. The minimum atomic E-state index is -1.07. The van der Waals surface area contributed by atoms with Gasteiger partial charge in [-0.15, -0.1) is 11.3 Å². The van der Waals surface area contributed by atoms with Crippen molar-refractivity contribution in [3.8, 4) is 0 Å². The van der Waals surface area contributed by atoms with Crippen LogP contribution in [0.15, 0.2) is 5.38 Å². The number of nitrogens with one attached hydrogen (secondary N) is 2. The molecule has 1 aromatic heterocycles. The molecule has 3 N–H and O–H groups in total. The largest absolute Gasteiger partial charge is 0.480 e. The van der Waals surface area contributed by atoms with Gasteiger partial charge in [-0.2, -0.15) is 0 Å². The zero-order valence-corrected chi connectivity index (χ0v) is 13.5. The predicted octanol–water partition coefficient (Wildman–Crippen LogP) is 2.25. The first-order valence-corrected chi connectivity index (χ1v) is 8.14. The number of amides is 2. The molecule has 22 heavy (non-hydrogen) atoms. The van der Waals surface area contributed by atoms with E-state index in [4.69, 9.17) is 5.11 Å². The second kappa shape index (κ2) is 9.14. The molecule has 1 unspecified atom stereocenters. The van der Waals surface area contributed by atoms with E-state index in [1.165, 1.54) is 5.38 Å². The Morgan fingerprint density at radius 1 is 1.32 bits per heavy atom. The monoisotopic (exact) mass is 327 g/mol. The van der Waals surface area contributed by atoms with Gasteiger partial charge in [-0.05, 0) is 12.8 Å². The van der Waals surface area contributed by atoms with Crippen LogP contribution in [0, 0.1) is 0 Å². The Hall–Kier alpha value is -1.96. The molecule has 8 heteroatoms. The van der Waals surface area contributed by atoms with Crippen LogP contribution in [0.1, 0.15) is 56.4 Å². The summed E-state index contributed by atoms with van der Waals surface area (Å²) >= 11 is 1.14. The van der Waals surface area contributed by atoms with Crippen molar-refractivity contribution in [1.29, 1.82) is 0 Å². The zero-order valence-electron chi connectivity index (χ0n) is 12.7. The number of carboxylic acid groups (broad SMARTS) is 1. The third-order valence-electron chi connectivity index (χ3n) is 2.92. The van der Waals surface area contributed by atoms with Crippen molar-refractivity contribution in [2.24, 2.45) is 0 Å². The van der Waals surface area contributed by atoms with E-state index in [2.05, 4.69) is 15.6 Å². The molecule has 1 rings (SSSR count). The van der Waals surface area contributed by atoms with Crippen molar-refractivity contribution in [3.05, 3.63) is 11.1 Å². The molecule has 7 nitrogen and oxygen atoms in total. The Morgan fingerprint density at radius 2 is 2.05 bits per heavy atom. The zero-order chi connectivity index (χ0) is 16.5. The molecule has 0 radical (unpaired) electrons. The molecule has 0 bridgehead atoms. The lowest BCUT2D eigenvalue weighted by atomic mass is 10.1. The van der Waals surface area contributed by atoms with Gasteiger partial charge in [0.1, 0.15) is 11.7 Å². The average Bonchev–Trinajstić information content (AvgIpc) is 2.93. The van der Waals surface area contributed by atoms with Gasteiger partial charge in [0, 0.05) is 11.8 Å². The molecule has 0 aliphatic rings. The van der Waals surface area contributed by atoms with Crippen LogP contribution >= 0.6 is 11.3 Å². The minimum Gasteiger partial charge on any atom is -0.480 e. The van der Waals surface area contributed by atoms with E-state index < -0.39 is 17.9 Å². The van der Waals surface area contributed by atoms with Gasteiger partial charge in [0.25, 0.3) is 5.91 Å². The fourth-order valence-corrected chi connectivity index (χ4v) is 2.44. The van der Waals surface area contributed by atoms with E-state index in [1.807, 2.05) is 13.8 Å². The van der Waals surface area contributed by atoms with E-state index in [-0.39, 0.29) is 11.6 Å². The van der Waals surface area contributed by atoms with Gasteiger partial charge in [0.05, 0.1) is 0 Å². The average molecular weight is 327 g/mol. The van der Waals surface area contributed by atoms with Crippen LogP contribution in [0.5, 0.6) is 0 Å². The van der Waals surface area contributed by atoms with Crippen LogP contribution in [0.3, 0.4) is 0 Å². The molecule has 0 aromatic carbocycles. The predicted molar refractivity (Wildman–Crippen MR) is 84.1 cm³/mol. The molecule has 0 spiro atoms. The number of thiazole rings is 1. The standard InChI is InChI=1S/C14H21N3O4S/c1-3-5-7-11(18)17-14-16-10(8-22-14)12(19)15-9(6-4-2)13(20)21/h8-9H,3-7H2,1-2H3,(H,15,19)(H,20,21)(H,16,17,18). The third-order valence-corrected chi connectivity index (χ3v) is 3.68. The van der Waals surface area contributed by atoms with Gasteiger partial charge < -0.3 is 15.7 Å². The van der Waals surface area contributed by atoms with Crippen LogP contribution in [0.25, 0.3) is 0 Å². The smallest absolute Gasteiger partial charge is 0.326 e. The molecule has 2 amide bonds. The van der Waals surface area contributed by atoms with Crippen molar-refractivity contribution in [2.45, 2.75) is 52.0 Å². The second-order valence-electron chi connectivity index (χ2n) is 4.84. The maximum atomic E-state index is 12.0. The van der Waals surface area contributed by atoms with Crippen molar-refractivity contribution >= 4 is 34.3 Å². The van der Waals surface area contributed by atoms with E-state index in [0.29, 0.717) is 24.4 Å². The number of rotatable bonds is 9. The second-order valence-corrected chi connectivity index (χ2v) is 5.70. The first-order chi connectivity index (χ1) is 10.5. The Bertz CT molecular complexity index is 530. The van der Waals surface area contributed by atoms with Gasteiger partial charge in [-0.3, -0.25) is 9.59 Å². The SMILES string of the molecule is CCCCC(=O)Nc1nc(C(=O)NC(CCC)C(=O)O)cs1. The summed E-state index contributed by atoms with van der Waals surface area (Å²) in [6, 6.07) is -0.929. The number of unbranched alkanes of at least 4 members (excludes halogenated alkanes) is 1. The molecule has 0 saturated carbocycles. The Labute approximate surface area is 133 Å². The first-order valence-electron chi connectivity index (χ1n) is 7.27. The Kier molecular flexibility index (Phi) is 7.51. The van der Waals surface area contributed by atoms with Gasteiger partial charge in [0.2, 0.25) is 5.91 Å². The molecule has 1 aromatic rings.